The number of oxazole rings is 1. The zero-order valence-electron chi connectivity index (χ0n) is 21.1. The van der Waals surface area contributed by atoms with Crippen molar-refractivity contribution in [3.8, 4) is 11.5 Å². The second kappa shape index (κ2) is 8.53. The second-order valence-electron chi connectivity index (χ2n) is 10.2. The highest BCUT2D eigenvalue weighted by Gasteiger charge is 2.51. The van der Waals surface area contributed by atoms with Gasteiger partial charge in [-0.05, 0) is 63.0 Å². The van der Waals surface area contributed by atoms with Crippen molar-refractivity contribution >= 4 is 35.4 Å². The fraction of sp³-hybridized carbons (Fsp3) is 0.259. The summed E-state index contributed by atoms with van der Waals surface area (Å²) in [6, 6.07) is 13.5. The number of nitrogens with zero attached hydrogens (tertiary/aromatic N) is 4. The molecule has 1 saturated heterocycles. The standard InChI is InChI=1S/C27H26BN5O4/c1-26(2)27(3,4)37-28(36-26)20-9-10-22-21(13-20)32-24(35-22)18-7-5-17(6-8-18)14-30-23(34)19-15-31-25-29-11-12-33(25)16-19/h5-13,15-16H,14H2,1-4H3,(H,30,34). The molecule has 3 aromatic heterocycles. The largest absolute Gasteiger partial charge is 0.494 e. The summed E-state index contributed by atoms with van der Waals surface area (Å²) in [4.78, 5) is 25.5. The van der Waals surface area contributed by atoms with Crippen LogP contribution in [0.2, 0.25) is 0 Å². The van der Waals surface area contributed by atoms with Crippen LogP contribution in [-0.4, -0.2) is 43.6 Å². The molecule has 0 radical (unpaired) electrons. The first-order valence-electron chi connectivity index (χ1n) is 12.1. The van der Waals surface area contributed by atoms with Gasteiger partial charge in [0.25, 0.3) is 5.91 Å². The van der Waals surface area contributed by atoms with E-state index in [9.17, 15) is 4.79 Å². The number of hydrogen-bond donors (Lipinski definition) is 1. The normalized spacial score (nSPS) is 16.5. The van der Waals surface area contributed by atoms with Gasteiger partial charge in [-0.25, -0.2) is 15.0 Å². The maximum atomic E-state index is 12.5. The molecule has 0 bridgehead atoms. The Kier molecular flexibility index (Phi) is 5.39. The number of nitrogens with one attached hydrogen (secondary N) is 1. The van der Waals surface area contributed by atoms with Gasteiger partial charge in [0.1, 0.15) is 5.52 Å². The van der Waals surface area contributed by atoms with Crippen molar-refractivity contribution < 1.29 is 18.5 Å². The number of rotatable bonds is 5. The minimum Gasteiger partial charge on any atom is -0.436 e. The van der Waals surface area contributed by atoms with Gasteiger partial charge in [0.05, 0.1) is 16.8 Å². The number of amides is 1. The number of imidazole rings is 1. The fourth-order valence-electron chi connectivity index (χ4n) is 4.18. The van der Waals surface area contributed by atoms with E-state index >= 15 is 0 Å². The predicted octanol–water partition coefficient (Wildman–Crippen LogP) is 3.77. The van der Waals surface area contributed by atoms with Crippen LogP contribution in [0.4, 0.5) is 0 Å². The van der Waals surface area contributed by atoms with Gasteiger partial charge < -0.3 is 19.0 Å². The summed E-state index contributed by atoms with van der Waals surface area (Å²) in [5.74, 6) is 0.871. The van der Waals surface area contributed by atoms with Gasteiger partial charge in [-0.15, -0.1) is 0 Å². The van der Waals surface area contributed by atoms with E-state index in [1.165, 1.54) is 6.20 Å². The molecule has 9 nitrogen and oxygen atoms in total. The fourth-order valence-corrected chi connectivity index (χ4v) is 4.18. The maximum absolute atomic E-state index is 12.5. The smallest absolute Gasteiger partial charge is 0.436 e. The lowest BCUT2D eigenvalue weighted by Crippen LogP contribution is -2.41. The molecule has 1 N–H and O–H groups in total. The van der Waals surface area contributed by atoms with Gasteiger partial charge >= 0.3 is 7.12 Å². The van der Waals surface area contributed by atoms with E-state index in [1.807, 2.05) is 70.2 Å². The second-order valence-corrected chi connectivity index (χ2v) is 10.2. The van der Waals surface area contributed by atoms with Crippen molar-refractivity contribution in [2.24, 2.45) is 0 Å². The molecule has 6 rings (SSSR count). The molecule has 0 aliphatic carbocycles. The van der Waals surface area contributed by atoms with Crippen LogP contribution in [0.1, 0.15) is 43.6 Å². The average molecular weight is 495 g/mol. The first-order chi connectivity index (χ1) is 17.7. The van der Waals surface area contributed by atoms with Crippen LogP contribution in [0.15, 0.2) is 71.7 Å². The third-order valence-corrected chi connectivity index (χ3v) is 7.10. The number of carbonyl (C=O) groups excluding carboxylic acids is 1. The summed E-state index contributed by atoms with van der Waals surface area (Å²) in [5.41, 5.74) is 3.77. The minimum atomic E-state index is -0.457. The van der Waals surface area contributed by atoms with Crippen LogP contribution >= 0.6 is 0 Å². The number of hydrogen-bond acceptors (Lipinski definition) is 7. The zero-order chi connectivity index (χ0) is 25.8. The highest BCUT2D eigenvalue weighted by atomic mass is 16.7. The molecule has 5 aromatic rings. The van der Waals surface area contributed by atoms with E-state index in [2.05, 4.69) is 20.3 Å². The maximum Gasteiger partial charge on any atom is 0.494 e. The average Bonchev–Trinajstić information content (AvgIpc) is 3.57. The molecule has 1 fully saturated rings. The Morgan fingerprint density at radius 3 is 2.54 bits per heavy atom. The SMILES string of the molecule is CC1(C)OB(c2ccc3oc(-c4ccc(CNC(=O)c5cnc6nccn6c5)cc4)nc3c2)OC1(C)C. The zero-order valence-corrected chi connectivity index (χ0v) is 21.1. The lowest BCUT2D eigenvalue weighted by atomic mass is 9.79. The van der Waals surface area contributed by atoms with Gasteiger partial charge in [0.2, 0.25) is 11.7 Å². The lowest BCUT2D eigenvalue weighted by molar-refractivity contribution is 0.00578. The molecule has 37 heavy (non-hydrogen) atoms. The van der Waals surface area contributed by atoms with Crippen molar-refractivity contribution in [2.75, 3.05) is 0 Å². The van der Waals surface area contributed by atoms with Crippen molar-refractivity contribution in [1.82, 2.24) is 24.7 Å². The molecule has 0 saturated carbocycles. The van der Waals surface area contributed by atoms with Crippen LogP contribution in [0.5, 0.6) is 0 Å². The van der Waals surface area contributed by atoms with Crippen LogP contribution in [0.25, 0.3) is 28.3 Å². The minimum absolute atomic E-state index is 0.205. The summed E-state index contributed by atoms with van der Waals surface area (Å²) in [6.45, 7) is 8.52. The molecule has 0 unspecified atom stereocenters. The van der Waals surface area contributed by atoms with Crippen molar-refractivity contribution in [3.05, 3.63) is 78.4 Å². The monoisotopic (exact) mass is 495 g/mol. The summed E-state index contributed by atoms with van der Waals surface area (Å²) < 4.78 is 20.0. The summed E-state index contributed by atoms with van der Waals surface area (Å²) >= 11 is 0. The van der Waals surface area contributed by atoms with Gasteiger partial charge in [-0.2, -0.15) is 0 Å². The van der Waals surface area contributed by atoms with E-state index in [0.717, 1.165) is 22.1 Å². The number of aromatic nitrogens is 4. The van der Waals surface area contributed by atoms with Crippen LogP contribution in [0.3, 0.4) is 0 Å². The summed E-state index contributed by atoms with van der Waals surface area (Å²) in [5, 5.41) is 2.92. The molecule has 1 aliphatic rings. The van der Waals surface area contributed by atoms with E-state index in [1.54, 1.807) is 23.0 Å². The van der Waals surface area contributed by atoms with Gasteiger partial charge in [0.15, 0.2) is 5.58 Å². The third kappa shape index (κ3) is 4.28. The van der Waals surface area contributed by atoms with Crippen LogP contribution in [0, 0.1) is 0 Å². The molecule has 10 heteroatoms. The first-order valence-corrected chi connectivity index (χ1v) is 12.1. The van der Waals surface area contributed by atoms with Crippen molar-refractivity contribution in [3.63, 3.8) is 0 Å². The van der Waals surface area contributed by atoms with Gasteiger partial charge in [-0.1, -0.05) is 18.2 Å². The molecule has 1 amide bonds. The molecular weight excluding hydrogens is 469 g/mol. The molecule has 1 aliphatic heterocycles. The Morgan fingerprint density at radius 1 is 1.03 bits per heavy atom. The summed E-state index contributed by atoms with van der Waals surface area (Å²) in [7, 11) is -0.457. The van der Waals surface area contributed by atoms with Crippen LogP contribution in [-0.2, 0) is 15.9 Å². The van der Waals surface area contributed by atoms with Crippen LogP contribution < -0.4 is 10.8 Å². The van der Waals surface area contributed by atoms with E-state index in [4.69, 9.17) is 13.7 Å². The third-order valence-electron chi connectivity index (χ3n) is 7.10. The Hall–Kier alpha value is -4.02. The number of carbonyl (C=O) groups is 1. The van der Waals surface area contributed by atoms with E-state index < -0.39 is 18.3 Å². The predicted molar refractivity (Wildman–Crippen MR) is 139 cm³/mol. The quantitative estimate of drug-likeness (QED) is 0.370. The molecule has 186 valence electrons. The molecule has 0 spiro atoms. The molecular formula is C27H26BN5O4. The van der Waals surface area contributed by atoms with Crippen molar-refractivity contribution in [1.29, 1.82) is 0 Å². The molecule has 0 atom stereocenters. The molecule has 2 aromatic carbocycles. The van der Waals surface area contributed by atoms with Gasteiger partial charge in [-0.3, -0.25) is 9.20 Å². The Labute approximate surface area is 214 Å². The highest BCUT2D eigenvalue weighted by molar-refractivity contribution is 6.62. The Bertz CT molecular complexity index is 1610. The first kappa shape index (κ1) is 23.4. The summed E-state index contributed by atoms with van der Waals surface area (Å²) in [6.07, 6.45) is 6.62. The number of benzene rings is 2. The Morgan fingerprint density at radius 2 is 1.78 bits per heavy atom. The number of fused-ring (bicyclic) bond motifs is 2. The van der Waals surface area contributed by atoms with Gasteiger partial charge in [0, 0.05) is 36.9 Å². The topological polar surface area (TPSA) is 104 Å². The Balaban J connectivity index is 1.14. The van der Waals surface area contributed by atoms with E-state index in [0.29, 0.717) is 29.4 Å². The van der Waals surface area contributed by atoms with E-state index in [-0.39, 0.29) is 5.91 Å². The van der Waals surface area contributed by atoms with Crippen molar-refractivity contribution in [2.45, 2.75) is 45.4 Å². The highest BCUT2D eigenvalue weighted by Crippen LogP contribution is 2.36. The lowest BCUT2D eigenvalue weighted by Gasteiger charge is -2.32. The molecule has 4 heterocycles.